The van der Waals surface area contributed by atoms with Gasteiger partial charge in [0.2, 0.25) is 0 Å². The van der Waals surface area contributed by atoms with Gasteiger partial charge in [-0.3, -0.25) is 4.79 Å². The smallest absolute Gasteiger partial charge is 0.271 e. The summed E-state index contributed by atoms with van der Waals surface area (Å²) in [7, 11) is 0. The normalized spacial score (nSPS) is 14.1. The number of nitrogens with one attached hydrogen (secondary N) is 1. The molecule has 1 heterocycles. The lowest BCUT2D eigenvalue weighted by Gasteiger charge is -2.16. The molecular weight excluding hydrogens is 358 g/mol. The van der Waals surface area contributed by atoms with Gasteiger partial charge in [0.1, 0.15) is 11.4 Å². The van der Waals surface area contributed by atoms with Crippen molar-refractivity contribution in [2.75, 3.05) is 6.54 Å². The predicted molar refractivity (Wildman–Crippen MR) is 103 cm³/mol. The van der Waals surface area contributed by atoms with Gasteiger partial charge >= 0.3 is 0 Å². The largest absolute Gasteiger partial charge is 0.490 e. The monoisotopic (exact) mass is 381 g/mol. The van der Waals surface area contributed by atoms with Crippen molar-refractivity contribution in [3.05, 3.63) is 45.9 Å². The maximum absolute atomic E-state index is 12.3. The van der Waals surface area contributed by atoms with Crippen molar-refractivity contribution in [2.45, 2.75) is 44.8 Å². The zero-order chi connectivity index (χ0) is 16.8. The lowest BCUT2D eigenvalue weighted by molar-refractivity contribution is 0.0946. The highest BCUT2D eigenvalue weighted by Crippen LogP contribution is 2.26. The van der Waals surface area contributed by atoms with Gasteiger partial charge in [0.05, 0.1) is 11.1 Å². The van der Waals surface area contributed by atoms with Crippen LogP contribution in [0.3, 0.4) is 0 Å². The molecule has 1 saturated carbocycles. The number of aromatic nitrogens is 1. The first-order valence-electron chi connectivity index (χ1n) is 8.43. The number of benzene rings is 1. The van der Waals surface area contributed by atoms with E-state index in [0.717, 1.165) is 29.2 Å². The van der Waals surface area contributed by atoms with Crippen LogP contribution in [-0.2, 0) is 13.0 Å². The minimum atomic E-state index is -0.162. The van der Waals surface area contributed by atoms with Gasteiger partial charge in [0.15, 0.2) is 0 Å². The second-order valence-electron chi connectivity index (χ2n) is 5.98. The van der Waals surface area contributed by atoms with Gasteiger partial charge < -0.3 is 15.8 Å². The fourth-order valence-corrected chi connectivity index (χ4v) is 3.66. The van der Waals surface area contributed by atoms with E-state index in [9.17, 15) is 4.79 Å². The highest BCUT2D eigenvalue weighted by atomic mass is 35.5. The summed E-state index contributed by atoms with van der Waals surface area (Å²) < 4.78 is 6.10. The molecule has 1 amide bonds. The Hall–Kier alpha value is -1.63. The summed E-state index contributed by atoms with van der Waals surface area (Å²) in [6.45, 7) is 0.978. The minimum Gasteiger partial charge on any atom is -0.490 e. The molecule has 1 aromatic heterocycles. The third-order valence-corrected chi connectivity index (χ3v) is 5.06. The van der Waals surface area contributed by atoms with Gasteiger partial charge in [0, 0.05) is 23.9 Å². The summed E-state index contributed by atoms with van der Waals surface area (Å²) in [6.07, 6.45) is 5.71. The molecule has 7 heteroatoms. The minimum absolute atomic E-state index is 0. The van der Waals surface area contributed by atoms with E-state index in [1.165, 1.54) is 24.2 Å². The summed E-state index contributed by atoms with van der Waals surface area (Å²) in [6, 6.07) is 7.90. The number of carbonyl (C=O) groups is 1. The number of para-hydroxylation sites is 1. The first-order valence-corrected chi connectivity index (χ1v) is 9.31. The molecule has 3 N–H and O–H groups in total. The maximum Gasteiger partial charge on any atom is 0.271 e. The summed E-state index contributed by atoms with van der Waals surface area (Å²) in [5.41, 5.74) is 6.97. The van der Waals surface area contributed by atoms with Crippen LogP contribution in [0.15, 0.2) is 29.6 Å². The standard InChI is InChI=1S/C18H23N3O2S.ClH/c19-10-9-17-21-15(12-24-17)18(22)20-11-13-5-1-4-8-16(13)23-14-6-2-3-7-14;/h1,4-5,8,12,14H,2-3,6-7,9-11,19H2,(H,20,22);1H. The molecule has 5 nitrogen and oxygen atoms in total. The molecule has 0 radical (unpaired) electrons. The van der Waals surface area contributed by atoms with E-state index in [1.807, 2.05) is 24.3 Å². The van der Waals surface area contributed by atoms with Crippen LogP contribution in [0.4, 0.5) is 0 Å². The molecule has 1 aromatic carbocycles. The molecule has 0 unspecified atom stereocenters. The molecule has 3 rings (SSSR count). The second-order valence-corrected chi connectivity index (χ2v) is 6.92. The Balaban J connectivity index is 0.00000225. The quantitative estimate of drug-likeness (QED) is 0.771. The van der Waals surface area contributed by atoms with Crippen molar-refractivity contribution in [1.29, 1.82) is 0 Å². The molecule has 25 heavy (non-hydrogen) atoms. The highest BCUT2D eigenvalue weighted by molar-refractivity contribution is 7.09. The first-order chi connectivity index (χ1) is 11.8. The molecule has 1 aliphatic rings. The average molecular weight is 382 g/mol. The second kappa shape index (κ2) is 9.75. The Bertz CT molecular complexity index is 686. The van der Waals surface area contributed by atoms with Crippen LogP contribution < -0.4 is 15.8 Å². The van der Waals surface area contributed by atoms with Crippen molar-refractivity contribution < 1.29 is 9.53 Å². The Morgan fingerprint density at radius 2 is 2.08 bits per heavy atom. The summed E-state index contributed by atoms with van der Waals surface area (Å²) in [5.74, 6) is 0.706. The average Bonchev–Trinajstić information content (AvgIpc) is 3.26. The van der Waals surface area contributed by atoms with Crippen LogP contribution in [0.25, 0.3) is 0 Å². The number of amides is 1. The number of nitrogens with two attached hydrogens (primary N) is 1. The van der Waals surface area contributed by atoms with E-state index in [0.29, 0.717) is 31.3 Å². The van der Waals surface area contributed by atoms with Crippen molar-refractivity contribution >= 4 is 29.7 Å². The SMILES string of the molecule is Cl.NCCc1nc(C(=O)NCc2ccccc2OC2CCCC2)cs1. The van der Waals surface area contributed by atoms with Crippen molar-refractivity contribution in [1.82, 2.24) is 10.3 Å². The summed E-state index contributed by atoms with van der Waals surface area (Å²) in [4.78, 5) is 16.6. The maximum atomic E-state index is 12.3. The van der Waals surface area contributed by atoms with Crippen LogP contribution in [-0.4, -0.2) is 23.5 Å². The van der Waals surface area contributed by atoms with E-state index >= 15 is 0 Å². The molecule has 0 bridgehead atoms. The van der Waals surface area contributed by atoms with Gasteiger partial charge in [0.25, 0.3) is 5.91 Å². The zero-order valence-electron chi connectivity index (χ0n) is 14.1. The van der Waals surface area contributed by atoms with Crippen molar-refractivity contribution in [3.8, 4) is 5.75 Å². The fourth-order valence-electron chi connectivity index (χ4n) is 2.87. The molecule has 2 aromatic rings. The molecule has 136 valence electrons. The van der Waals surface area contributed by atoms with Gasteiger partial charge in [-0.15, -0.1) is 23.7 Å². The highest BCUT2D eigenvalue weighted by Gasteiger charge is 2.18. The van der Waals surface area contributed by atoms with E-state index < -0.39 is 0 Å². The molecule has 0 aliphatic heterocycles. The first kappa shape index (κ1) is 19.7. The number of rotatable bonds is 7. The Morgan fingerprint density at radius 1 is 1.32 bits per heavy atom. The van der Waals surface area contributed by atoms with Gasteiger partial charge in [-0.2, -0.15) is 0 Å². The number of nitrogens with zero attached hydrogens (tertiary/aromatic N) is 1. The van der Waals surface area contributed by atoms with Gasteiger partial charge in [-0.1, -0.05) is 18.2 Å². The number of halogens is 1. The third kappa shape index (κ3) is 5.42. The molecule has 0 spiro atoms. The van der Waals surface area contributed by atoms with Crippen LogP contribution >= 0.6 is 23.7 Å². The number of hydrogen-bond donors (Lipinski definition) is 2. The van der Waals surface area contributed by atoms with Crippen LogP contribution in [0, 0.1) is 0 Å². The lowest BCUT2D eigenvalue weighted by Crippen LogP contribution is -2.24. The Kier molecular flexibility index (Phi) is 7.68. The van der Waals surface area contributed by atoms with E-state index in [4.69, 9.17) is 10.5 Å². The van der Waals surface area contributed by atoms with Crippen LogP contribution in [0.5, 0.6) is 5.75 Å². The molecule has 1 aliphatic carbocycles. The summed E-state index contributed by atoms with van der Waals surface area (Å²) in [5, 5.41) is 5.60. The third-order valence-electron chi connectivity index (χ3n) is 4.15. The zero-order valence-corrected chi connectivity index (χ0v) is 15.7. The lowest BCUT2D eigenvalue weighted by atomic mass is 10.2. The van der Waals surface area contributed by atoms with E-state index in [-0.39, 0.29) is 18.3 Å². The number of hydrogen-bond acceptors (Lipinski definition) is 5. The summed E-state index contributed by atoms with van der Waals surface area (Å²) >= 11 is 1.47. The Morgan fingerprint density at radius 3 is 2.84 bits per heavy atom. The number of ether oxygens (including phenoxy) is 1. The predicted octanol–water partition coefficient (Wildman–Crippen LogP) is 3.32. The van der Waals surface area contributed by atoms with Crippen molar-refractivity contribution in [3.63, 3.8) is 0 Å². The molecule has 1 fully saturated rings. The van der Waals surface area contributed by atoms with Gasteiger partial charge in [-0.25, -0.2) is 4.98 Å². The molecule has 0 atom stereocenters. The number of carbonyl (C=O) groups excluding carboxylic acids is 1. The van der Waals surface area contributed by atoms with Crippen molar-refractivity contribution in [2.24, 2.45) is 5.73 Å². The van der Waals surface area contributed by atoms with Crippen LogP contribution in [0.2, 0.25) is 0 Å². The number of thiazole rings is 1. The fraction of sp³-hybridized carbons (Fsp3) is 0.444. The molecule has 0 saturated heterocycles. The Labute approximate surface area is 158 Å². The van der Waals surface area contributed by atoms with Crippen LogP contribution in [0.1, 0.15) is 46.7 Å². The topological polar surface area (TPSA) is 77.2 Å². The van der Waals surface area contributed by atoms with E-state index in [1.54, 1.807) is 5.38 Å². The van der Waals surface area contributed by atoms with E-state index in [2.05, 4.69) is 10.3 Å². The molecular formula is C18H24ClN3O2S. The van der Waals surface area contributed by atoms with Gasteiger partial charge in [-0.05, 0) is 38.3 Å².